The highest BCUT2D eigenvalue weighted by Gasteiger charge is 2.69. The van der Waals surface area contributed by atoms with Crippen molar-refractivity contribution in [1.29, 1.82) is 0 Å². The molecule has 19 heavy (non-hydrogen) atoms. The van der Waals surface area contributed by atoms with Crippen LogP contribution >= 0.6 is 0 Å². The van der Waals surface area contributed by atoms with Gasteiger partial charge in [0.2, 0.25) is 0 Å². The molecule has 3 rings (SSSR count). The number of nitrogens with zero attached hydrogens (tertiary/aromatic N) is 1. The van der Waals surface area contributed by atoms with E-state index in [4.69, 9.17) is 0 Å². The summed E-state index contributed by atoms with van der Waals surface area (Å²) in [5.41, 5.74) is 1.02. The summed E-state index contributed by atoms with van der Waals surface area (Å²) < 4.78 is 0. The van der Waals surface area contributed by atoms with Gasteiger partial charge in [-0.3, -0.25) is 4.90 Å². The molecule has 110 valence electrons. The molecule has 3 fully saturated rings. The zero-order valence-corrected chi connectivity index (χ0v) is 13.5. The molecule has 2 heteroatoms. The van der Waals surface area contributed by atoms with Crippen LogP contribution < -0.4 is 5.32 Å². The lowest BCUT2D eigenvalue weighted by Gasteiger charge is -2.41. The largest absolute Gasteiger partial charge is 0.314 e. The van der Waals surface area contributed by atoms with Crippen molar-refractivity contribution in [2.24, 2.45) is 10.8 Å². The second-order valence-corrected chi connectivity index (χ2v) is 8.30. The maximum Gasteiger partial charge on any atom is 0.0215 e. The van der Waals surface area contributed by atoms with Gasteiger partial charge in [0, 0.05) is 24.2 Å². The van der Waals surface area contributed by atoms with Gasteiger partial charge >= 0.3 is 0 Å². The van der Waals surface area contributed by atoms with Crippen molar-refractivity contribution in [3.8, 4) is 0 Å². The van der Waals surface area contributed by atoms with E-state index in [1.54, 1.807) is 0 Å². The summed E-state index contributed by atoms with van der Waals surface area (Å²) in [5.74, 6) is 0. The third-order valence-electron chi connectivity index (χ3n) is 6.72. The molecular weight excluding hydrogens is 232 g/mol. The van der Waals surface area contributed by atoms with Crippen molar-refractivity contribution >= 4 is 0 Å². The molecule has 0 aromatic carbocycles. The highest BCUT2D eigenvalue weighted by Crippen LogP contribution is 2.67. The molecule has 0 aromatic heterocycles. The fraction of sp³-hybridized carbons (Fsp3) is 1.00. The maximum absolute atomic E-state index is 3.77. The minimum Gasteiger partial charge on any atom is -0.314 e. The Hall–Kier alpha value is -0.0800. The molecular formula is C17H32N2. The molecule has 2 saturated heterocycles. The van der Waals surface area contributed by atoms with Crippen molar-refractivity contribution in [2.75, 3.05) is 6.54 Å². The van der Waals surface area contributed by atoms with Crippen LogP contribution in [0.2, 0.25) is 0 Å². The van der Waals surface area contributed by atoms with Gasteiger partial charge in [-0.25, -0.2) is 0 Å². The van der Waals surface area contributed by atoms with Crippen molar-refractivity contribution in [3.05, 3.63) is 0 Å². The molecule has 1 saturated carbocycles. The zero-order valence-electron chi connectivity index (χ0n) is 13.5. The van der Waals surface area contributed by atoms with Gasteiger partial charge in [-0.15, -0.1) is 0 Å². The number of nitrogens with one attached hydrogen (secondary N) is 1. The molecule has 2 bridgehead atoms. The molecule has 0 aromatic rings. The molecule has 2 aliphatic heterocycles. The van der Waals surface area contributed by atoms with Crippen molar-refractivity contribution < 1.29 is 0 Å². The van der Waals surface area contributed by atoms with Crippen LogP contribution in [-0.2, 0) is 0 Å². The quantitative estimate of drug-likeness (QED) is 0.837. The standard InChI is InChI=1S/C17H32N2/c1-6-9-18-12-10-13-7-8-14(11-12)19(13)15-16(2,3)17(15,4)5/h12-15,18H,6-11H2,1-5H3. The Morgan fingerprint density at radius 3 is 1.95 bits per heavy atom. The first-order valence-electron chi connectivity index (χ1n) is 8.40. The van der Waals surface area contributed by atoms with Gasteiger partial charge < -0.3 is 5.32 Å². The minimum absolute atomic E-state index is 0.511. The van der Waals surface area contributed by atoms with Gasteiger partial charge in [0.05, 0.1) is 0 Å². The SMILES string of the molecule is CCCNC1CC2CCC(C1)N2C1C(C)(C)C1(C)C. The van der Waals surface area contributed by atoms with Gasteiger partial charge in [-0.05, 0) is 49.5 Å². The first kappa shape index (κ1) is 13.9. The fourth-order valence-electron chi connectivity index (χ4n) is 5.06. The minimum atomic E-state index is 0.511. The van der Waals surface area contributed by atoms with Crippen LogP contribution in [0.15, 0.2) is 0 Å². The second-order valence-electron chi connectivity index (χ2n) is 8.30. The van der Waals surface area contributed by atoms with Gasteiger partial charge in [0.25, 0.3) is 0 Å². The van der Waals surface area contributed by atoms with Crippen molar-refractivity contribution in [2.45, 2.75) is 90.9 Å². The summed E-state index contributed by atoms with van der Waals surface area (Å²) in [4.78, 5) is 2.93. The Bertz CT molecular complexity index is 319. The van der Waals surface area contributed by atoms with Gasteiger partial charge in [0.1, 0.15) is 0 Å². The molecule has 2 atom stereocenters. The number of hydrogen-bond donors (Lipinski definition) is 1. The van der Waals surface area contributed by atoms with E-state index in [0.717, 1.165) is 24.2 Å². The van der Waals surface area contributed by atoms with Crippen LogP contribution in [0.5, 0.6) is 0 Å². The van der Waals surface area contributed by atoms with Crippen LogP contribution in [0.4, 0.5) is 0 Å². The first-order valence-corrected chi connectivity index (χ1v) is 8.40. The Labute approximate surface area is 119 Å². The molecule has 1 N–H and O–H groups in total. The highest BCUT2D eigenvalue weighted by molar-refractivity contribution is 5.21. The smallest absolute Gasteiger partial charge is 0.0215 e. The molecule has 3 aliphatic rings. The van der Waals surface area contributed by atoms with Crippen molar-refractivity contribution in [1.82, 2.24) is 10.2 Å². The summed E-state index contributed by atoms with van der Waals surface area (Å²) in [6.45, 7) is 13.4. The lowest BCUT2D eigenvalue weighted by Crippen LogP contribution is -2.51. The highest BCUT2D eigenvalue weighted by atomic mass is 15.3. The third kappa shape index (κ3) is 1.98. The topological polar surface area (TPSA) is 15.3 Å². The lowest BCUT2D eigenvalue weighted by atomic mass is 9.96. The normalized spacial score (nSPS) is 40.6. The molecule has 2 unspecified atom stereocenters. The predicted molar refractivity (Wildman–Crippen MR) is 81.3 cm³/mol. The fourth-order valence-corrected chi connectivity index (χ4v) is 5.06. The number of rotatable bonds is 4. The predicted octanol–water partition coefficient (Wildman–Crippen LogP) is 3.42. The van der Waals surface area contributed by atoms with Crippen LogP contribution in [0.1, 0.15) is 66.7 Å². The van der Waals surface area contributed by atoms with Gasteiger partial charge in [-0.1, -0.05) is 34.6 Å². The summed E-state index contributed by atoms with van der Waals surface area (Å²) in [6.07, 6.45) is 6.92. The summed E-state index contributed by atoms with van der Waals surface area (Å²) >= 11 is 0. The molecule has 0 radical (unpaired) electrons. The average Bonchev–Trinajstić information content (AvgIpc) is 2.61. The van der Waals surface area contributed by atoms with E-state index in [1.807, 2.05) is 0 Å². The van der Waals surface area contributed by atoms with E-state index in [2.05, 4.69) is 44.8 Å². The Morgan fingerprint density at radius 2 is 1.53 bits per heavy atom. The number of fused-ring (bicyclic) bond motifs is 2. The summed E-state index contributed by atoms with van der Waals surface area (Å²) in [6, 6.07) is 3.33. The Balaban J connectivity index is 1.68. The van der Waals surface area contributed by atoms with E-state index in [0.29, 0.717) is 10.8 Å². The van der Waals surface area contributed by atoms with Gasteiger partial charge in [0.15, 0.2) is 0 Å². The molecule has 0 spiro atoms. The van der Waals surface area contributed by atoms with Gasteiger partial charge in [-0.2, -0.15) is 0 Å². The molecule has 2 heterocycles. The van der Waals surface area contributed by atoms with E-state index in [1.165, 1.54) is 38.6 Å². The van der Waals surface area contributed by atoms with Crippen LogP contribution in [0.25, 0.3) is 0 Å². The average molecular weight is 264 g/mol. The Morgan fingerprint density at radius 1 is 1.00 bits per heavy atom. The molecule has 1 aliphatic carbocycles. The number of piperidine rings is 1. The summed E-state index contributed by atoms with van der Waals surface area (Å²) in [7, 11) is 0. The Kier molecular flexibility index (Phi) is 3.26. The first-order chi connectivity index (χ1) is 8.89. The maximum atomic E-state index is 3.77. The van der Waals surface area contributed by atoms with E-state index >= 15 is 0 Å². The van der Waals surface area contributed by atoms with E-state index in [-0.39, 0.29) is 0 Å². The van der Waals surface area contributed by atoms with Crippen LogP contribution in [0, 0.1) is 10.8 Å². The summed E-state index contributed by atoms with van der Waals surface area (Å²) in [5, 5.41) is 3.77. The van der Waals surface area contributed by atoms with E-state index < -0.39 is 0 Å². The van der Waals surface area contributed by atoms with Crippen molar-refractivity contribution in [3.63, 3.8) is 0 Å². The molecule has 0 amide bonds. The lowest BCUT2D eigenvalue weighted by molar-refractivity contribution is 0.0885. The second kappa shape index (κ2) is 4.46. The van der Waals surface area contributed by atoms with Crippen LogP contribution in [0.3, 0.4) is 0 Å². The zero-order chi connectivity index (χ0) is 13.8. The van der Waals surface area contributed by atoms with E-state index in [9.17, 15) is 0 Å². The monoisotopic (exact) mass is 264 g/mol. The third-order valence-corrected chi connectivity index (χ3v) is 6.72. The van der Waals surface area contributed by atoms with Crippen LogP contribution in [-0.4, -0.2) is 35.6 Å². The number of hydrogen-bond acceptors (Lipinski definition) is 2. The molecule has 2 nitrogen and oxygen atoms in total.